The number of carbonyl (C=O) groups is 2. The van der Waals surface area contributed by atoms with Crippen LogP contribution >= 0.6 is 63.7 Å². The molecule has 1 aromatic rings. The largest absolute Gasteiger partial charge is 0.468 e. The second-order valence-electron chi connectivity index (χ2n) is 4.32. The number of benzene rings is 1. The summed E-state index contributed by atoms with van der Waals surface area (Å²) in [6, 6.07) is 7.55. The van der Waals surface area contributed by atoms with Crippen LogP contribution in [0, 0.1) is 0 Å². The van der Waals surface area contributed by atoms with Gasteiger partial charge in [-0.2, -0.15) is 0 Å². The molecule has 0 spiro atoms. The Morgan fingerprint density at radius 1 is 0.864 bits per heavy atom. The summed E-state index contributed by atoms with van der Waals surface area (Å²) in [5.41, 5.74) is 1.78. The molecule has 4 nitrogen and oxygen atoms in total. The Kier molecular flexibility index (Phi) is 8.59. The molecule has 0 aliphatic rings. The van der Waals surface area contributed by atoms with Gasteiger partial charge in [-0.15, -0.1) is 0 Å². The van der Waals surface area contributed by atoms with E-state index in [1.54, 1.807) is 0 Å². The van der Waals surface area contributed by atoms with Crippen molar-refractivity contribution in [2.45, 2.75) is 19.3 Å². The highest BCUT2D eigenvalue weighted by molar-refractivity contribution is 9.12. The van der Waals surface area contributed by atoms with E-state index in [2.05, 4.69) is 63.7 Å². The zero-order valence-electron chi connectivity index (χ0n) is 11.8. The lowest BCUT2D eigenvalue weighted by molar-refractivity contribution is -0.140. The molecule has 0 unspecified atom stereocenters. The molecule has 0 heterocycles. The van der Waals surface area contributed by atoms with Gasteiger partial charge in [-0.1, -0.05) is 88.0 Å². The molecule has 0 amide bonds. The van der Waals surface area contributed by atoms with E-state index in [0.717, 1.165) is 11.1 Å². The van der Waals surface area contributed by atoms with Crippen LogP contribution in [0.2, 0.25) is 0 Å². The molecule has 0 bridgehead atoms. The molecule has 22 heavy (non-hydrogen) atoms. The average Bonchev–Trinajstić information content (AvgIpc) is 2.57. The van der Waals surface area contributed by atoms with Gasteiger partial charge in [0.05, 0.1) is 23.9 Å². The van der Waals surface area contributed by atoms with Crippen molar-refractivity contribution in [1.29, 1.82) is 0 Å². The Morgan fingerprint density at radius 2 is 1.23 bits per heavy atom. The highest BCUT2D eigenvalue weighted by Gasteiger charge is 2.29. The Balaban J connectivity index is 2.99. The molecule has 0 saturated carbocycles. The predicted molar refractivity (Wildman–Crippen MR) is 99.2 cm³/mol. The zero-order chi connectivity index (χ0) is 16.9. The van der Waals surface area contributed by atoms with Gasteiger partial charge in [0.25, 0.3) is 0 Å². The van der Waals surface area contributed by atoms with Crippen LogP contribution in [0.25, 0.3) is 0 Å². The van der Waals surface area contributed by atoms with Crippen molar-refractivity contribution in [3.8, 4) is 0 Å². The number of ether oxygens (including phenoxy) is 2. The monoisotopic (exact) mass is 562 g/mol. The van der Waals surface area contributed by atoms with Crippen LogP contribution in [-0.4, -0.2) is 35.8 Å². The molecule has 0 aliphatic carbocycles. The van der Waals surface area contributed by atoms with Crippen molar-refractivity contribution in [2.24, 2.45) is 0 Å². The van der Waals surface area contributed by atoms with Gasteiger partial charge in [0, 0.05) is 0 Å². The van der Waals surface area contributed by atoms with Crippen molar-refractivity contribution in [3.63, 3.8) is 0 Å². The van der Waals surface area contributed by atoms with Gasteiger partial charge in [0.15, 0.2) is 0 Å². The highest BCUT2D eigenvalue weighted by atomic mass is 79.9. The highest BCUT2D eigenvalue weighted by Crippen LogP contribution is 2.36. The fourth-order valence-electron chi connectivity index (χ4n) is 1.70. The molecule has 0 saturated heterocycles. The molecule has 8 heteroatoms. The molecule has 0 fully saturated rings. The third-order valence-electron chi connectivity index (χ3n) is 2.91. The van der Waals surface area contributed by atoms with E-state index in [4.69, 9.17) is 9.47 Å². The Labute approximate surface area is 162 Å². The number of methoxy groups -OCH3 is 2. The van der Waals surface area contributed by atoms with E-state index in [-0.39, 0.29) is 21.6 Å². The molecule has 4 atom stereocenters. The van der Waals surface area contributed by atoms with Crippen molar-refractivity contribution >= 4 is 75.7 Å². The van der Waals surface area contributed by atoms with Gasteiger partial charge in [-0.05, 0) is 11.1 Å². The summed E-state index contributed by atoms with van der Waals surface area (Å²) >= 11 is 13.6. The fourth-order valence-corrected chi connectivity index (χ4v) is 3.69. The van der Waals surface area contributed by atoms with Crippen LogP contribution in [0.15, 0.2) is 24.3 Å². The molecule has 1 aromatic carbocycles. The number of alkyl halides is 4. The molecule has 0 N–H and O–H groups in total. The number of rotatable bonds is 6. The number of halogens is 4. The normalized spacial score (nSPS) is 16.3. The Morgan fingerprint density at radius 3 is 1.55 bits per heavy atom. The van der Waals surface area contributed by atoms with Crippen molar-refractivity contribution in [2.75, 3.05) is 14.2 Å². The summed E-state index contributed by atoms with van der Waals surface area (Å²) < 4.78 is 9.45. The van der Waals surface area contributed by atoms with E-state index in [1.165, 1.54) is 14.2 Å². The lowest BCUT2D eigenvalue weighted by atomic mass is 10.0. The number of hydrogen-bond donors (Lipinski definition) is 0. The minimum absolute atomic E-state index is 0.258. The van der Waals surface area contributed by atoms with Crippen LogP contribution in [0.3, 0.4) is 0 Å². The topological polar surface area (TPSA) is 52.6 Å². The summed E-state index contributed by atoms with van der Waals surface area (Å²) in [6.07, 6.45) is 0. The Bertz CT molecular complexity index is 494. The van der Waals surface area contributed by atoms with Crippen LogP contribution in [-0.2, 0) is 19.1 Å². The van der Waals surface area contributed by atoms with Crippen LogP contribution in [0.4, 0.5) is 0 Å². The van der Waals surface area contributed by atoms with Gasteiger partial charge in [-0.3, -0.25) is 9.59 Å². The number of esters is 2. The van der Waals surface area contributed by atoms with Crippen LogP contribution < -0.4 is 0 Å². The first-order chi connectivity index (χ1) is 10.3. The fraction of sp³-hybridized carbons (Fsp3) is 0.429. The maximum absolute atomic E-state index is 11.6. The first kappa shape index (κ1) is 20.1. The van der Waals surface area contributed by atoms with Crippen molar-refractivity contribution in [3.05, 3.63) is 35.4 Å². The predicted octanol–water partition coefficient (Wildman–Crippen LogP) is 4.43. The molecular weight excluding hydrogens is 552 g/mol. The first-order valence-electron chi connectivity index (χ1n) is 6.15. The Hall–Kier alpha value is 0.0800. The lowest BCUT2D eigenvalue weighted by Crippen LogP contribution is -2.21. The van der Waals surface area contributed by atoms with E-state index in [1.807, 2.05) is 24.3 Å². The van der Waals surface area contributed by atoms with Crippen molar-refractivity contribution in [1.82, 2.24) is 0 Å². The van der Waals surface area contributed by atoms with Gasteiger partial charge >= 0.3 is 11.9 Å². The third kappa shape index (κ3) is 5.04. The molecule has 0 radical (unpaired) electrons. The van der Waals surface area contributed by atoms with E-state index < -0.39 is 9.65 Å². The van der Waals surface area contributed by atoms with Gasteiger partial charge < -0.3 is 9.47 Å². The van der Waals surface area contributed by atoms with Gasteiger partial charge in [0.1, 0.15) is 9.65 Å². The summed E-state index contributed by atoms with van der Waals surface area (Å²) in [5, 5.41) is 0. The first-order valence-corrected chi connectivity index (χ1v) is 9.81. The second-order valence-corrected chi connectivity index (χ2v) is 8.27. The van der Waals surface area contributed by atoms with Gasteiger partial charge in [-0.25, -0.2) is 0 Å². The SMILES string of the molecule is COC(=O)[C@@H](Br)[C@H](Br)c1cccc([C@H](Br)[C@H](Br)C(=O)OC)c1. The van der Waals surface area contributed by atoms with E-state index in [0.29, 0.717) is 0 Å². The summed E-state index contributed by atoms with van der Waals surface area (Å²) in [5.74, 6) is -0.730. The number of hydrogen-bond acceptors (Lipinski definition) is 4. The van der Waals surface area contributed by atoms with E-state index >= 15 is 0 Å². The zero-order valence-corrected chi connectivity index (χ0v) is 18.1. The van der Waals surface area contributed by atoms with Gasteiger partial charge in [0.2, 0.25) is 0 Å². The number of carbonyl (C=O) groups excluding carboxylic acids is 2. The van der Waals surface area contributed by atoms with Crippen LogP contribution in [0.1, 0.15) is 20.8 Å². The molecule has 1 rings (SSSR count). The third-order valence-corrected chi connectivity index (χ3v) is 8.25. The maximum atomic E-state index is 11.6. The second kappa shape index (κ2) is 9.39. The van der Waals surface area contributed by atoms with Crippen LogP contribution in [0.5, 0.6) is 0 Å². The standard InChI is InChI=1S/C14H14Br4O4/c1-21-13(19)11(17)9(15)7-4-3-5-8(6-7)10(16)12(18)14(20)22-2/h3-6,9-12H,1-2H3/t9-,10+,11-,12-/m0/s1. The molecule has 0 aliphatic heterocycles. The maximum Gasteiger partial charge on any atom is 0.320 e. The minimum atomic E-state index is -0.512. The summed E-state index contributed by atoms with van der Waals surface area (Å²) in [6.45, 7) is 0. The lowest BCUT2D eigenvalue weighted by Gasteiger charge is -2.19. The molecular formula is C14H14Br4O4. The molecule has 122 valence electrons. The summed E-state index contributed by atoms with van der Waals surface area (Å²) in [7, 11) is 2.68. The average molecular weight is 566 g/mol. The smallest absolute Gasteiger partial charge is 0.320 e. The van der Waals surface area contributed by atoms with Crippen molar-refractivity contribution < 1.29 is 19.1 Å². The molecule has 0 aromatic heterocycles. The van der Waals surface area contributed by atoms with E-state index in [9.17, 15) is 9.59 Å². The minimum Gasteiger partial charge on any atom is -0.468 e. The quantitative estimate of drug-likeness (QED) is 0.378. The summed E-state index contributed by atoms with van der Waals surface area (Å²) in [4.78, 5) is 21.7.